The van der Waals surface area contributed by atoms with Crippen molar-refractivity contribution in [3.63, 3.8) is 0 Å². The number of likely N-dealkylation sites (tertiary alicyclic amines) is 1. The molecule has 1 saturated heterocycles. The van der Waals surface area contributed by atoms with Gasteiger partial charge in [-0.25, -0.2) is 4.98 Å². The smallest absolute Gasteiger partial charge is 0.274 e. The number of nitrogens with one attached hydrogen (secondary N) is 1. The monoisotopic (exact) mass is 475 g/mol. The number of carbonyl (C=O) groups is 2. The molecule has 33 heavy (non-hydrogen) atoms. The van der Waals surface area contributed by atoms with Crippen molar-refractivity contribution < 1.29 is 9.59 Å². The fourth-order valence-corrected chi connectivity index (χ4v) is 6.33. The van der Waals surface area contributed by atoms with Crippen LogP contribution in [0.15, 0.2) is 48.5 Å². The number of carbonyl (C=O) groups excluding carboxylic acids is 2. The van der Waals surface area contributed by atoms with E-state index in [-0.39, 0.29) is 17.9 Å². The molecule has 0 aliphatic carbocycles. The largest absolute Gasteiger partial charge is 0.350 e. The molecular formula is C26H25N3O2S2. The Morgan fingerprint density at radius 1 is 1.09 bits per heavy atom. The second-order valence-electron chi connectivity index (χ2n) is 8.46. The van der Waals surface area contributed by atoms with E-state index in [0.29, 0.717) is 18.8 Å². The van der Waals surface area contributed by atoms with E-state index >= 15 is 0 Å². The van der Waals surface area contributed by atoms with Crippen molar-refractivity contribution >= 4 is 44.6 Å². The van der Waals surface area contributed by atoms with E-state index in [2.05, 4.69) is 16.4 Å². The second kappa shape index (κ2) is 8.72. The molecule has 0 spiro atoms. The lowest BCUT2D eigenvalue weighted by Crippen LogP contribution is -2.56. The summed E-state index contributed by atoms with van der Waals surface area (Å²) in [7, 11) is 0. The van der Waals surface area contributed by atoms with E-state index in [4.69, 9.17) is 0 Å². The van der Waals surface area contributed by atoms with Gasteiger partial charge in [0.05, 0.1) is 21.5 Å². The van der Waals surface area contributed by atoms with Crippen molar-refractivity contribution in [3.8, 4) is 10.4 Å². The number of aryl methyl sites for hydroxylation is 3. The molecule has 2 aromatic carbocycles. The highest BCUT2D eigenvalue weighted by Crippen LogP contribution is 2.34. The average Bonchev–Trinajstić information content (AvgIpc) is 3.32. The minimum absolute atomic E-state index is 0.0148. The molecular weight excluding hydrogens is 450 g/mol. The molecule has 5 rings (SSSR count). The third-order valence-corrected chi connectivity index (χ3v) is 8.22. The van der Waals surface area contributed by atoms with Crippen LogP contribution in [-0.4, -0.2) is 40.8 Å². The van der Waals surface area contributed by atoms with Crippen LogP contribution in [0.5, 0.6) is 0 Å². The van der Waals surface area contributed by atoms with E-state index in [1.807, 2.05) is 68.1 Å². The van der Waals surface area contributed by atoms with Gasteiger partial charge in [0, 0.05) is 28.1 Å². The zero-order valence-electron chi connectivity index (χ0n) is 18.8. The molecule has 7 heteroatoms. The van der Waals surface area contributed by atoms with Crippen LogP contribution in [0.4, 0.5) is 0 Å². The molecule has 0 bridgehead atoms. The Morgan fingerprint density at radius 3 is 2.67 bits per heavy atom. The summed E-state index contributed by atoms with van der Waals surface area (Å²) < 4.78 is 1.11. The van der Waals surface area contributed by atoms with Gasteiger partial charge in [-0.2, -0.15) is 0 Å². The van der Waals surface area contributed by atoms with Gasteiger partial charge in [-0.3, -0.25) is 9.59 Å². The quantitative estimate of drug-likeness (QED) is 0.409. The predicted octanol–water partition coefficient (Wildman–Crippen LogP) is 5.59. The molecule has 3 heterocycles. The maximum atomic E-state index is 13.4. The molecule has 168 valence electrons. The van der Waals surface area contributed by atoms with Crippen LogP contribution in [0.2, 0.25) is 0 Å². The first kappa shape index (κ1) is 21.8. The zero-order valence-corrected chi connectivity index (χ0v) is 20.5. The van der Waals surface area contributed by atoms with Gasteiger partial charge in [-0.15, -0.1) is 22.7 Å². The zero-order chi connectivity index (χ0) is 23.1. The van der Waals surface area contributed by atoms with Gasteiger partial charge in [0.1, 0.15) is 5.69 Å². The highest BCUT2D eigenvalue weighted by atomic mass is 32.1. The fraction of sp³-hybridized carbons (Fsp3) is 0.269. The molecule has 1 N–H and O–H groups in total. The summed E-state index contributed by atoms with van der Waals surface area (Å²) >= 11 is 3.18. The number of fused-ring (bicyclic) bond motifs is 1. The number of benzene rings is 2. The van der Waals surface area contributed by atoms with Crippen molar-refractivity contribution in [2.24, 2.45) is 0 Å². The molecule has 1 unspecified atom stereocenters. The number of aromatic nitrogens is 1. The minimum Gasteiger partial charge on any atom is -0.350 e. The van der Waals surface area contributed by atoms with Crippen LogP contribution in [0.3, 0.4) is 0 Å². The van der Waals surface area contributed by atoms with Crippen molar-refractivity contribution in [3.05, 3.63) is 75.2 Å². The second-order valence-corrected chi connectivity index (χ2v) is 10.9. The standard InChI is InChI=1S/C26H25N3O2S2/c1-15-7-6-8-18(13-15)24-23(28-17(3)33-24)26(31)29-12-11-19(29)14-27-25(30)22-16(2)32-21-10-5-4-9-20(21)22/h4-10,13,19H,11-12,14H2,1-3H3,(H,27,30). The highest BCUT2D eigenvalue weighted by molar-refractivity contribution is 7.19. The van der Waals surface area contributed by atoms with Gasteiger partial charge in [0.15, 0.2) is 0 Å². The Morgan fingerprint density at radius 2 is 1.91 bits per heavy atom. The van der Waals surface area contributed by atoms with Crippen LogP contribution < -0.4 is 5.32 Å². The summed E-state index contributed by atoms with van der Waals surface area (Å²) in [6, 6.07) is 16.1. The molecule has 5 nitrogen and oxygen atoms in total. The average molecular weight is 476 g/mol. The number of hydrogen-bond donors (Lipinski definition) is 1. The first-order chi connectivity index (χ1) is 15.9. The molecule has 2 aromatic heterocycles. The summed E-state index contributed by atoms with van der Waals surface area (Å²) in [4.78, 5) is 34.7. The van der Waals surface area contributed by atoms with Gasteiger partial charge in [0.25, 0.3) is 11.8 Å². The van der Waals surface area contributed by atoms with Gasteiger partial charge in [-0.1, -0.05) is 48.0 Å². The maximum absolute atomic E-state index is 13.4. The Balaban J connectivity index is 1.31. The molecule has 1 aliphatic heterocycles. The summed E-state index contributed by atoms with van der Waals surface area (Å²) in [5.41, 5.74) is 3.43. The number of rotatable bonds is 5. The van der Waals surface area contributed by atoms with Crippen LogP contribution >= 0.6 is 22.7 Å². The number of hydrogen-bond acceptors (Lipinski definition) is 5. The minimum atomic E-state index is -0.0748. The summed E-state index contributed by atoms with van der Waals surface area (Å²) in [5.74, 6) is -0.132. The highest BCUT2D eigenvalue weighted by Gasteiger charge is 2.35. The maximum Gasteiger partial charge on any atom is 0.274 e. The SMILES string of the molecule is Cc1cccc(-c2sc(C)nc2C(=O)N2CCC2CNC(=O)c2c(C)sc3ccccc23)c1. The van der Waals surface area contributed by atoms with E-state index in [1.165, 1.54) is 0 Å². The van der Waals surface area contributed by atoms with Gasteiger partial charge in [0.2, 0.25) is 0 Å². The lowest BCUT2D eigenvalue weighted by atomic mass is 10.0. The Bertz CT molecular complexity index is 1370. The number of thiazole rings is 1. The van der Waals surface area contributed by atoms with Crippen molar-refractivity contribution in [1.82, 2.24) is 15.2 Å². The molecule has 0 saturated carbocycles. The first-order valence-corrected chi connectivity index (χ1v) is 12.7. The van der Waals surface area contributed by atoms with E-state index in [9.17, 15) is 9.59 Å². The van der Waals surface area contributed by atoms with Gasteiger partial charge in [-0.05, 0) is 38.8 Å². The van der Waals surface area contributed by atoms with Crippen LogP contribution in [0, 0.1) is 20.8 Å². The molecule has 4 aromatic rings. The molecule has 1 atom stereocenters. The normalized spacial score (nSPS) is 15.5. The lowest BCUT2D eigenvalue weighted by molar-refractivity contribution is 0.0451. The third-order valence-electron chi connectivity index (χ3n) is 6.12. The molecule has 2 amide bonds. The number of amides is 2. The summed E-state index contributed by atoms with van der Waals surface area (Å²) in [5, 5.41) is 4.93. The van der Waals surface area contributed by atoms with Crippen LogP contribution in [-0.2, 0) is 0 Å². The first-order valence-electron chi connectivity index (χ1n) is 11.0. The van der Waals surface area contributed by atoms with Crippen molar-refractivity contribution in [2.45, 2.75) is 33.2 Å². The van der Waals surface area contributed by atoms with E-state index in [0.717, 1.165) is 48.0 Å². The van der Waals surface area contributed by atoms with Crippen molar-refractivity contribution in [1.29, 1.82) is 0 Å². The topological polar surface area (TPSA) is 62.3 Å². The Hall–Kier alpha value is -3.03. The number of nitrogens with zero attached hydrogens (tertiary/aromatic N) is 2. The molecule has 0 radical (unpaired) electrons. The third kappa shape index (κ3) is 4.07. The summed E-state index contributed by atoms with van der Waals surface area (Å²) in [6.07, 6.45) is 0.873. The Kier molecular flexibility index (Phi) is 5.76. The van der Waals surface area contributed by atoms with E-state index in [1.54, 1.807) is 22.7 Å². The van der Waals surface area contributed by atoms with Crippen molar-refractivity contribution in [2.75, 3.05) is 13.1 Å². The van der Waals surface area contributed by atoms with Gasteiger partial charge < -0.3 is 10.2 Å². The van der Waals surface area contributed by atoms with Crippen LogP contribution in [0.1, 0.15) is 42.7 Å². The Labute approximate surface area is 201 Å². The van der Waals surface area contributed by atoms with E-state index < -0.39 is 0 Å². The fourth-order valence-electron chi connectivity index (χ4n) is 4.36. The molecule has 1 fully saturated rings. The predicted molar refractivity (Wildman–Crippen MR) is 135 cm³/mol. The summed E-state index contributed by atoms with van der Waals surface area (Å²) in [6.45, 7) is 7.09. The van der Waals surface area contributed by atoms with Gasteiger partial charge >= 0.3 is 0 Å². The number of thiophene rings is 1. The lowest BCUT2D eigenvalue weighted by Gasteiger charge is -2.40. The van der Waals surface area contributed by atoms with Crippen LogP contribution in [0.25, 0.3) is 20.5 Å². The molecule has 1 aliphatic rings.